The van der Waals surface area contributed by atoms with E-state index in [-0.39, 0.29) is 31.1 Å². The van der Waals surface area contributed by atoms with Crippen molar-refractivity contribution in [1.82, 2.24) is 4.90 Å². The molecular weight excluding hydrogens is 438 g/mol. The Labute approximate surface area is 200 Å². The number of aliphatic hydroxyl groups is 2. The van der Waals surface area contributed by atoms with Crippen molar-refractivity contribution >= 4 is 5.97 Å². The van der Waals surface area contributed by atoms with Crippen molar-refractivity contribution in [1.29, 1.82) is 0 Å². The number of carbonyl (C=O) groups excluding carboxylic acids is 1. The van der Waals surface area contributed by atoms with Gasteiger partial charge in [-0.2, -0.15) is 0 Å². The van der Waals surface area contributed by atoms with E-state index in [0.29, 0.717) is 11.5 Å². The molecule has 2 unspecified atom stereocenters. The fraction of sp³-hybridized carbons (Fsp3) is 0.654. The second-order valence-corrected chi connectivity index (χ2v) is 10.7. The molecular formula is C26H35NO7. The van der Waals surface area contributed by atoms with Gasteiger partial charge in [0, 0.05) is 13.0 Å². The van der Waals surface area contributed by atoms with Crippen LogP contribution in [0.1, 0.15) is 63.5 Å². The molecule has 0 radical (unpaired) electrons. The molecule has 1 fully saturated rings. The molecule has 8 nitrogen and oxygen atoms in total. The summed E-state index contributed by atoms with van der Waals surface area (Å²) in [5.74, 6) is 1.09. The lowest BCUT2D eigenvalue weighted by molar-refractivity contribution is -0.178. The minimum absolute atomic E-state index is 0.120. The van der Waals surface area contributed by atoms with E-state index in [0.717, 1.165) is 49.2 Å². The number of esters is 1. The van der Waals surface area contributed by atoms with Crippen LogP contribution in [0.3, 0.4) is 0 Å². The molecule has 2 N–H and O–H groups in total. The third kappa shape index (κ3) is 3.67. The highest BCUT2D eigenvalue weighted by Gasteiger charge is 2.59. The quantitative estimate of drug-likeness (QED) is 0.609. The molecule has 1 saturated heterocycles. The summed E-state index contributed by atoms with van der Waals surface area (Å²) in [6, 6.07) is 4.08. The Morgan fingerprint density at radius 3 is 2.65 bits per heavy atom. The van der Waals surface area contributed by atoms with Gasteiger partial charge in [-0.3, -0.25) is 4.90 Å². The fourth-order valence-electron chi connectivity index (χ4n) is 6.38. The Morgan fingerprint density at radius 1 is 1.24 bits per heavy atom. The van der Waals surface area contributed by atoms with E-state index in [1.54, 1.807) is 27.9 Å². The Hall–Kier alpha value is -2.29. The average molecular weight is 474 g/mol. The smallest absolute Gasteiger partial charge is 0.338 e. The van der Waals surface area contributed by atoms with Gasteiger partial charge >= 0.3 is 5.97 Å². The van der Waals surface area contributed by atoms with Crippen molar-refractivity contribution in [3.05, 3.63) is 35.1 Å². The Bertz CT molecular complexity index is 1020. The number of nitrogens with zero attached hydrogens (tertiary/aromatic N) is 1. The molecule has 3 aliphatic heterocycles. The predicted molar refractivity (Wildman–Crippen MR) is 124 cm³/mol. The summed E-state index contributed by atoms with van der Waals surface area (Å²) in [5, 5.41) is 21.5. The van der Waals surface area contributed by atoms with Gasteiger partial charge in [0.25, 0.3) is 0 Å². The van der Waals surface area contributed by atoms with Crippen molar-refractivity contribution in [2.45, 2.75) is 81.6 Å². The summed E-state index contributed by atoms with van der Waals surface area (Å²) in [5.41, 5.74) is -1.15. The van der Waals surface area contributed by atoms with Crippen molar-refractivity contribution in [3.63, 3.8) is 0 Å². The molecule has 186 valence electrons. The predicted octanol–water partition coefficient (Wildman–Crippen LogP) is 2.65. The van der Waals surface area contributed by atoms with Gasteiger partial charge in [-0.1, -0.05) is 6.92 Å². The molecule has 1 spiro atoms. The third-order valence-electron chi connectivity index (χ3n) is 7.89. The van der Waals surface area contributed by atoms with Crippen LogP contribution in [-0.4, -0.2) is 70.9 Å². The standard InChI is InChI=1S/C26H35NO7/c1-5-26(30,14-24(2,3)29)23(28)34-22-20(31-4)13-25-8-6-9-27(25)10-7-16-11-18-19(33-15-32-18)12-17(16)21(22)25/h11-13,21-22,29-30H,5-10,14-15H2,1-4H3/t21-,22?,25+,26?/m1/s1. The summed E-state index contributed by atoms with van der Waals surface area (Å²) in [7, 11) is 1.59. The summed E-state index contributed by atoms with van der Waals surface area (Å²) in [6.45, 7) is 6.91. The summed E-state index contributed by atoms with van der Waals surface area (Å²) in [4.78, 5) is 15.9. The molecule has 34 heavy (non-hydrogen) atoms. The molecule has 0 bridgehead atoms. The minimum Gasteiger partial charge on any atom is -0.497 e. The van der Waals surface area contributed by atoms with Crippen LogP contribution in [0, 0.1) is 0 Å². The van der Waals surface area contributed by atoms with Gasteiger partial charge in [0.15, 0.2) is 23.2 Å². The lowest BCUT2D eigenvalue weighted by Crippen LogP contribution is -2.50. The molecule has 0 aromatic heterocycles. The van der Waals surface area contributed by atoms with Crippen LogP contribution >= 0.6 is 0 Å². The molecule has 3 heterocycles. The maximum absolute atomic E-state index is 13.4. The first-order valence-corrected chi connectivity index (χ1v) is 12.2. The van der Waals surface area contributed by atoms with E-state index in [1.807, 2.05) is 12.1 Å². The maximum Gasteiger partial charge on any atom is 0.338 e. The summed E-state index contributed by atoms with van der Waals surface area (Å²) < 4.78 is 23.2. The monoisotopic (exact) mass is 473 g/mol. The van der Waals surface area contributed by atoms with Gasteiger partial charge in [0.2, 0.25) is 6.79 Å². The summed E-state index contributed by atoms with van der Waals surface area (Å²) in [6.07, 6.45) is 4.27. The highest BCUT2D eigenvalue weighted by molar-refractivity contribution is 5.80. The highest BCUT2D eigenvalue weighted by Crippen LogP contribution is 2.55. The number of ether oxygens (including phenoxy) is 4. The van der Waals surface area contributed by atoms with Crippen molar-refractivity contribution in [2.75, 3.05) is 27.0 Å². The van der Waals surface area contributed by atoms with Crippen LogP contribution in [0.25, 0.3) is 0 Å². The van der Waals surface area contributed by atoms with Gasteiger partial charge in [0.05, 0.1) is 24.2 Å². The van der Waals surface area contributed by atoms with Gasteiger partial charge in [-0.05, 0) is 75.4 Å². The van der Waals surface area contributed by atoms with Gasteiger partial charge in [-0.15, -0.1) is 0 Å². The van der Waals surface area contributed by atoms with E-state index in [2.05, 4.69) is 11.0 Å². The number of benzene rings is 1. The Kier molecular flexibility index (Phi) is 5.61. The number of hydrogen-bond donors (Lipinski definition) is 2. The van der Waals surface area contributed by atoms with Crippen LogP contribution in [0.4, 0.5) is 0 Å². The van der Waals surface area contributed by atoms with Crippen molar-refractivity contribution in [2.24, 2.45) is 0 Å². The van der Waals surface area contributed by atoms with Crippen LogP contribution < -0.4 is 9.47 Å². The highest BCUT2D eigenvalue weighted by atomic mass is 16.7. The van der Waals surface area contributed by atoms with E-state index < -0.39 is 23.3 Å². The lowest BCUT2D eigenvalue weighted by Gasteiger charge is -2.40. The molecule has 5 rings (SSSR count). The summed E-state index contributed by atoms with van der Waals surface area (Å²) >= 11 is 0. The zero-order valence-corrected chi connectivity index (χ0v) is 20.4. The number of rotatable bonds is 6. The van der Waals surface area contributed by atoms with Crippen molar-refractivity contribution in [3.8, 4) is 11.5 Å². The second-order valence-electron chi connectivity index (χ2n) is 10.7. The first-order valence-electron chi connectivity index (χ1n) is 12.2. The lowest BCUT2D eigenvalue weighted by atomic mass is 9.77. The van der Waals surface area contributed by atoms with E-state index in [1.165, 1.54) is 0 Å². The second kappa shape index (κ2) is 8.14. The molecule has 8 heteroatoms. The molecule has 0 saturated carbocycles. The van der Waals surface area contributed by atoms with E-state index in [9.17, 15) is 15.0 Å². The number of fused-ring (bicyclic) bond motifs is 3. The number of methoxy groups -OCH3 is 1. The van der Waals surface area contributed by atoms with E-state index >= 15 is 0 Å². The Balaban J connectivity index is 1.57. The molecule has 1 aromatic rings. The molecule has 1 aromatic carbocycles. The number of carbonyl (C=O) groups is 1. The molecule has 1 aliphatic carbocycles. The normalized spacial score (nSPS) is 29.4. The Morgan fingerprint density at radius 2 is 1.97 bits per heavy atom. The van der Waals surface area contributed by atoms with Gasteiger partial charge in [-0.25, -0.2) is 4.79 Å². The van der Waals surface area contributed by atoms with Gasteiger partial charge in [0.1, 0.15) is 5.76 Å². The van der Waals surface area contributed by atoms with Crippen LogP contribution in [-0.2, 0) is 20.7 Å². The fourth-order valence-corrected chi connectivity index (χ4v) is 6.38. The molecule has 0 amide bonds. The van der Waals surface area contributed by atoms with Crippen molar-refractivity contribution < 1.29 is 34.0 Å². The third-order valence-corrected chi connectivity index (χ3v) is 7.89. The van der Waals surface area contributed by atoms with Gasteiger partial charge < -0.3 is 29.2 Å². The van der Waals surface area contributed by atoms with E-state index in [4.69, 9.17) is 18.9 Å². The largest absolute Gasteiger partial charge is 0.497 e. The average Bonchev–Trinajstić information content (AvgIpc) is 3.46. The SMILES string of the molecule is CCC(O)(CC(C)(C)O)C(=O)OC1C(OC)=C[C@]23CCCN2CCc2cc4c(cc2[C@H]13)OCO4. The topological polar surface area (TPSA) is 97.7 Å². The maximum atomic E-state index is 13.4. The van der Waals surface area contributed by atoms with Crippen LogP contribution in [0.5, 0.6) is 11.5 Å². The first-order chi connectivity index (χ1) is 16.1. The minimum atomic E-state index is -1.80. The van der Waals surface area contributed by atoms with Crippen LogP contribution in [0.2, 0.25) is 0 Å². The zero-order valence-electron chi connectivity index (χ0n) is 20.4. The first kappa shape index (κ1) is 23.5. The zero-order chi connectivity index (χ0) is 24.3. The molecule has 4 atom stereocenters. The number of hydrogen-bond acceptors (Lipinski definition) is 8. The molecule has 4 aliphatic rings. The van der Waals surface area contributed by atoms with Crippen LogP contribution in [0.15, 0.2) is 24.0 Å².